The molecule has 96 valence electrons. The van der Waals surface area contributed by atoms with E-state index in [0.717, 1.165) is 0 Å². The number of carbonyl (C=O) groups is 2. The first-order valence-corrected chi connectivity index (χ1v) is 6.58. The first-order chi connectivity index (χ1) is 8.58. The van der Waals surface area contributed by atoms with E-state index in [4.69, 9.17) is 5.11 Å². The molecule has 2 rings (SSSR count). The number of nitrogens with zero attached hydrogens (tertiary/aromatic N) is 1. The average Bonchev–Trinajstić information content (AvgIpc) is 2.81. The predicted octanol–water partition coefficient (Wildman–Crippen LogP) is 1.35. The Labute approximate surface area is 108 Å². The van der Waals surface area contributed by atoms with Crippen molar-refractivity contribution in [1.82, 2.24) is 4.90 Å². The molecule has 1 heterocycles. The SMILES string of the molecule is O=C(O)[C@@H]1CSCN1C(=O)Cc1ccc(F)cc1. The number of carboxylic acids is 1. The molecule has 0 aromatic heterocycles. The van der Waals surface area contributed by atoms with Crippen LogP contribution in [0.15, 0.2) is 24.3 Å². The van der Waals surface area contributed by atoms with Crippen LogP contribution in [0.1, 0.15) is 5.56 Å². The number of carbonyl (C=O) groups excluding carboxylic acids is 1. The van der Waals surface area contributed by atoms with Gasteiger partial charge in [0.2, 0.25) is 5.91 Å². The molecule has 1 aliphatic rings. The van der Waals surface area contributed by atoms with E-state index in [1.807, 2.05) is 0 Å². The largest absolute Gasteiger partial charge is 0.480 e. The summed E-state index contributed by atoms with van der Waals surface area (Å²) in [6.07, 6.45) is 0.102. The van der Waals surface area contributed by atoms with Crippen LogP contribution in [0.5, 0.6) is 0 Å². The van der Waals surface area contributed by atoms with Gasteiger partial charge in [-0.1, -0.05) is 12.1 Å². The molecular weight excluding hydrogens is 257 g/mol. The summed E-state index contributed by atoms with van der Waals surface area (Å²) in [5.41, 5.74) is 0.683. The Balaban J connectivity index is 2.03. The first kappa shape index (κ1) is 12.9. The molecular formula is C12H12FNO3S. The van der Waals surface area contributed by atoms with Gasteiger partial charge in [-0.3, -0.25) is 4.79 Å². The van der Waals surface area contributed by atoms with Crippen molar-refractivity contribution >= 4 is 23.6 Å². The summed E-state index contributed by atoms with van der Waals surface area (Å²) in [5.74, 6) is -0.751. The van der Waals surface area contributed by atoms with Crippen LogP contribution >= 0.6 is 11.8 Å². The molecule has 0 radical (unpaired) electrons. The molecule has 4 nitrogen and oxygen atoms in total. The third-order valence-electron chi connectivity index (χ3n) is 2.76. The summed E-state index contributed by atoms with van der Waals surface area (Å²) < 4.78 is 12.7. The molecule has 1 aromatic rings. The van der Waals surface area contributed by atoms with Gasteiger partial charge in [-0.2, -0.15) is 0 Å². The van der Waals surface area contributed by atoms with Gasteiger partial charge in [-0.15, -0.1) is 11.8 Å². The molecule has 0 aliphatic carbocycles. The van der Waals surface area contributed by atoms with Crippen LogP contribution in [0, 0.1) is 5.82 Å². The summed E-state index contributed by atoms with van der Waals surface area (Å²) in [5, 5.41) is 8.98. The summed E-state index contributed by atoms with van der Waals surface area (Å²) in [6, 6.07) is 4.90. The third kappa shape index (κ3) is 2.81. The van der Waals surface area contributed by atoms with E-state index in [0.29, 0.717) is 17.2 Å². The fourth-order valence-electron chi connectivity index (χ4n) is 1.77. The van der Waals surface area contributed by atoms with Crippen LogP contribution in [-0.4, -0.2) is 39.6 Å². The fraction of sp³-hybridized carbons (Fsp3) is 0.333. The summed E-state index contributed by atoms with van der Waals surface area (Å²) in [6.45, 7) is 0. The smallest absolute Gasteiger partial charge is 0.327 e. The summed E-state index contributed by atoms with van der Waals surface area (Å²) in [4.78, 5) is 24.3. The molecule has 6 heteroatoms. The maximum absolute atomic E-state index is 12.7. The van der Waals surface area contributed by atoms with Gasteiger partial charge in [-0.25, -0.2) is 9.18 Å². The van der Waals surface area contributed by atoms with E-state index in [1.165, 1.54) is 40.9 Å². The van der Waals surface area contributed by atoms with Crippen molar-refractivity contribution in [2.24, 2.45) is 0 Å². The number of aliphatic carboxylic acids is 1. The molecule has 1 fully saturated rings. The van der Waals surface area contributed by atoms with Crippen molar-refractivity contribution in [3.05, 3.63) is 35.6 Å². The topological polar surface area (TPSA) is 57.6 Å². The van der Waals surface area contributed by atoms with E-state index >= 15 is 0 Å². The van der Waals surface area contributed by atoms with Crippen molar-refractivity contribution < 1.29 is 19.1 Å². The number of carboxylic acid groups (broad SMARTS) is 1. The average molecular weight is 269 g/mol. The van der Waals surface area contributed by atoms with E-state index in [2.05, 4.69) is 0 Å². The normalized spacial score (nSPS) is 18.9. The second kappa shape index (κ2) is 5.39. The number of thioether (sulfide) groups is 1. The van der Waals surface area contributed by atoms with Crippen molar-refractivity contribution in [3.63, 3.8) is 0 Å². The predicted molar refractivity (Wildman–Crippen MR) is 65.7 cm³/mol. The van der Waals surface area contributed by atoms with Crippen molar-refractivity contribution in [3.8, 4) is 0 Å². The Morgan fingerprint density at radius 2 is 2.06 bits per heavy atom. The third-order valence-corrected chi connectivity index (χ3v) is 3.77. The standard InChI is InChI=1S/C12H12FNO3S/c13-9-3-1-8(2-4-9)5-11(15)14-7-18-6-10(14)12(16)17/h1-4,10H,5-7H2,(H,16,17)/t10-/m0/s1. The first-order valence-electron chi connectivity index (χ1n) is 5.42. The molecule has 1 aromatic carbocycles. The number of hydrogen-bond acceptors (Lipinski definition) is 3. The lowest BCUT2D eigenvalue weighted by Gasteiger charge is -2.20. The van der Waals surface area contributed by atoms with Crippen LogP contribution in [-0.2, 0) is 16.0 Å². The zero-order valence-electron chi connectivity index (χ0n) is 9.51. The zero-order valence-corrected chi connectivity index (χ0v) is 10.3. The molecule has 1 saturated heterocycles. The van der Waals surface area contributed by atoms with E-state index in [1.54, 1.807) is 0 Å². The van der Waals surface area contributed by atoms with E-state index < -0.39 is 12.0 Å². The van der Waals surface area contributed by atoms with Crippen molar-refractivity contribution in [1.29, 1.82) is 0 Å². The van der Waals surface area contributed by atoms with Gasteiger partial charge in [0, 0.05) is 5.75 Å². The summed E-state index contributed by atoms with van der Waals surface area (Å²) >= 11 is 1.42. The Hall–Kier alpha value is -1.56. The summed E-state index contributed by atoms with van der Waals surface area (Å²) in [7, 11) is 0. The molecule has 0 saturated carbocycles. The van der Waals surface area contributed by atoms with Crippen LogP contribution in [0.3, 0.4) is 0 Å². The number of rotatable bonds is 3. The number of halogens is 1. The second-order valence-corrected chi connectivity index (χ2v) is 5.02. The van der Waals surface area contributed by atoms with E-state index in [-0.39, 0.29) is 18.1 Å². The lowest BCUT2D eigenvalue weighted by molar-refractivity contribution is -0.147. The quantitative estimate of drug-likeness (QED) is 0.900. The molecule has 1 atom stereocenters. The maximum Gasteiger partial charge on any atom is 0.327 e. The molecule has 0 bridgehead atoms. The minimum Gasteiger partial charge on any atom is -0.480 e. The maximum atomic E-state index is 12.7. The highest BCUT2D eigenvalue weighted by molar-refractivity contribution is 7.99. The number of amides is 1. The zero-order chi connectivity index (χ0) is 13.1. The monoisotopic (exact) mass is 269 g/mol. The van der Waals surface area contributed by atoms with Crippen LogP contribution < -0.4 is 0 Å². The highest BCUT2D eigenvalue weighted by Crippen LogP contribution is 2.22. The highest BCUT2D eigenvalue weighted by Gasteiger charge is 2.34. The minimum atomic E-state index is -0.979. The van der Waals surface area contributed by atoms with Gasteiger partial charge in [0.1, 0.15) is 11.9 Å². The molecule has 0 unspecified atom stereocenters. The minimum absolute atomic E-state index is 0.102. The van der Waals surface area contributed by atoms with Crippen molar-refractivity contribution in [2.75, 3.05) is 11.6 Å². The van der Waals surface area contributed by atoms with Gasteiger partial charge >= 0.3 is 5.97 Å². The molecule has 18 heavy (non-hydrogen) atoms. The lowest BCUT2D eigenvalue weighted by Crippen LogP contribution is -2.42. The van der Waals surface area contributed by atoms with Crippen LogP contribution in [0.2, 0.25) is 0 Å². The molecule has 0 spiro atoms. The van der Waals surface area contributed by atoms with Gasteiger partial charge in [0.05, 0.1) is 12.3 Å². The van der Waals surface area contributed by atoms with Gasteiger partial charge in [0.15, 0.2) is 0 Å². The van der Waals surface area contributed by atoms with Gasteiger partial charge in [0.25, 0.3) is 0 Å². The molecule has 1 aliphatic heterocycles. The Kier molecular flexibility index (Phi) is 3.86. The fourth-order valence-corrected chi connectivity index (χ4v) is 2.94. The Morgan fingerprint density at radius 3 is 2.67 bits per heavy atom. The Morgan fingerprint density at radius 1 is 1.39 bits per heavy atom. The lowest BCUT2D eigenvalue weighted by atomic mass is 10.1. The molecule has 1 N–H and O–H groups in total. The number of benzene rings is 1. The van der Waals surface area contributed by atoms with Crippen molar-refractivity contribution in [2.45, 2.75) is 12.5 Å². The van der Waals surface area contributed by atoms with E-state index in [9.17, 15) is 14.0 Å². The highest BCUT2D eigenvalue weighted by atomic mass is 32.2. The van der Waals surface area contributed by atoms with Gasteiger partial charge < -0.3 is 10.0 Å². The second-order valence-electron chi connectivity index (χ2n) is 4.02. The van der Waals surface area contributed by atoms with Crippen LogP contribution in [0.25, 0.3) is 0 Å². The van der Waals surface area contributed by atoms with Gasteiger partial charge in [-0.05, 0) is 17.7 Å². The number of hydrogen-bond donors (Lipinski definition) is 1. The molecule has 1 amide bonds. The van der Waals surface area contributed by atoms with Crippen LogP contribution in [0.4, 0.5) is 4.39 Å². The Bertz CT molecular complexity index is 463.